The third-order valence-electron chi connectivity index (χ3n) is 4.46. The number of anilines is 1. The molecule has 0 aliphatic carbocycles. The summed E-state index contributed by atoms with van der Waals surface area (Å²) in [4.78, 5) is 16.5. The highest BCUT2D eigenvalue weighted by atomic mass is 35.5. The van der Waals surface area contributed by atoms with E-state index in [0.717, 1.165) is 16.8 Å². The van der Waals surface area contributed by atoms with E-state index < -0.39 is 5.82 Å². The molecule has 0 aliphatic rings. The standard InChI is InChI=1S/C22H17ClFN5OS/c1-14-4-2-3-5-19(14)29-21(15-8-10-25-11-9-15)27-28-22(29)31-13-20(30)26-16-6-7-18(24)17(23)12-16/h2-12H,13H2,1H3,(H,26,30). The molecule has 0 saturated heterocycles. The van der Waals surface area contributed by atoms with E-state index in [2.05, 4.69) is 20.5 Å². The predicted molar refractivity (Wildman–Crippen MR) is 120 cm³/mol. The number of nitrogens with zero attached hydrogens (tertiary/aromatic N) is 4. The fraction of sp³-hybridized carbons (Fsp3) is 0.0909. The molecule has 4 rings (SSSR count). The van der Waals surface area contributed by atoms with Crippen molar-refractivity contribution in [2.45, 2.75) is 12.1 Å². The molecular formula is C22H17ClFN5OS. The number of benzene rings is 2. The molecule has 9 heteroatoms. The van der Waals surface area contributed by atoms with Crippen LogP contribution < -0.4 is 5.32 Å². The van der Waals surface area contributed by atoms with E-state index in [-0.39, 0.29) is 16.7 Å². The monoisotopic (exact) mass is 453 g/mol. The normalized spacial score (nSPS) is 10.8. The summed E-state index contributed by atoms with van der Waals surface area (Å²) in [6.45, 7) is 2.01. The van der Waals surface area contributed by atoms with Crippen molar-refractivity contribution in [2.24, 2.45) is 0 Å². The fourth-order valence-electron chi connectivity index (χ4n) is 2.98. The van der Waals surface area contributed by atoms with Gasteiger partial charge in [0.05, 0.1) is 16.5 Å². The first kappa shape index (κ1) is 21.0. The number of nitrogens with one attached hydrogen (secondary N) is 1. The maximum atomic E-state index is 13.3. The van der Waals surface area contributed by atoms with Crippen LogP contribution in [0.5, 0.6) is 0 Å². The average molecular weight is 454 g/mol. The van der Waals surface area contributed by atoms with Crippen LogP contribution in [0.15, 0.2) is 72.1 Å². The SMILES string of the molecule is Cc1ccccc1-n1c(SCC(=O)Nc2ccc(F)c(Cl)c2)nnc1-c1ccncc1. The molecule has 156 valence electrons. The number of aromatic nitrogens is 4. The van der Waals surface area contributed by atoms with Crippen LogP contribution in [0.25, 0.3) is 17.1 Å². The first-order valence-corrected chi connectivity index (χ1v) is 10.7. The molecule has 31 heavy (non-hydrogen) atoms. The van der Waals surface area contributed by atoms with E-state index in [4.69, 9.17) is 11.6 Å². The molecule has 0 radical (unpaired) electrons. The number of carbonyl (C=O) groups is 1. The molecule has 6 nitrogen and oxygen atoms in total. The van der Waals surface area contributed by atoms with Crippen LogP contribution in [0, 0.1) is 12.7 Å². The van der Waals surface area contributed by atoms with Crippen LogP contribution in [0.4, 0.5) is 10.1 Å². The highest BCUT2D eigenvalue weighted by Gasteiger charge is 2.18. The van der Waals surface area contributed by atoms with Gasteiger partial charge >= 0.3 is 0 Å². The summed E-state index contributed by atoms with van der Waals surface area (Å²) < 4.78 is 15.2. The van der Waals surface area contributed by atoms with Gasteiger partial charge in [-0.1, -0.05) is 41.6 Å². The molecule has 0 atom stereocenters. The van der Waals surface area contributed by atoms with Gasteiger partial charge in [0, 0.05) is 23.6 Å². The quantitative estimate of drug-likeness (QED) is 0.408. The number of amides is 1. The van der Waals surface area contributed by atoms with Gasteiger partial charge in [0.1, 0.15) is 5.82 Å². The minimum atomic E-state index is -0.538. The number of pyridine rings is 1. The Morgan fingerprint density at radius 1 is 1.13 bits per heavy atom. The number of aryl methyl sites for hydroxylation is 1. The largest absolute Gasteiger partial charge is 0.325 e. The molecule has 0 unspecified atom stereocenters. The van der Waals surface area contributed by atoms with Crippen molar-refractivity contribution in [3.05, 3.63) is 83.4 Å². The zero-order valence-corrected chi connectivity index (χ0v) is 18.0. The molecule has 0 saturated carbocycles. The second-order valence-corrected chi connectivity index (χ2v) is 7.98. The third kappa shape index (κ3) is 4.76. The minimum Gasteiger partial charge on any atom is -0.325 e. The highest BCUT2D eigenvalue weighted by molar-refractivity contribution is 7.99. The molecule has 0 spiro atoms. The van der Waals surface area contributed by atoms with Crippen LogP contribution in [0.3, 0.4) is 0 Å². The Kier molecular flexibility index (Phi) is 6.29. The number of carbonyl (C=O) groups excluding carboxylic acids is 1. The zero-order chi connectivity index (χ0) is 21.8. The Morgan fingerprint density at radius 3 is 2.65 bits per heavy atom. The molecule has 4 aromatic rings. The van der Waals surface area contributed by atoms with Crippen molar-refractivity contribution in [3.63, 3.8) is 0 Å². The molecule has 0 fully saturated rings. The Morgan fingerprint density at radius 2 is 1.90 bits per heavy atom. The van der Waals surface area contributed by atoms with Crippen LogP contribution in [0.2, 0.25) is 5.02 Å². The van der Waals surface area contributed by atoms with E-state index in [1.165, 1.54) is 30.0 Å². The molecule has 1 amide bonds. The number of rotatable bonds is 6. The lowest BCUT2D eigenvalue weighted by atomic mass is 10.2. The number of hydrogen-bond acceptors (Lipinski definition) is 5. The maximum absolute atomic E-state index is 13.3. The smallest absolute Gasteiger partial charge is 0.234 e. The van der Waals surface area contributed by atoms with Crippen LogP contribution in [-0.4, -0.2) is 31.4 Å². The van der Waals surface area contributed by atoms with Crippen LogP contribution in [0.1, 0.15) is 5.56 Å². The summed E-state index contributed by atoms with van der Waals surface area (Å²) in [7, 11) is 0. The van der Waals surface area contributed by atoms with Crippen LogP contribution in [-0.2, 0) is 4.79 Å². The van der Waals surface area contributed by atoms with Gasteiger partial charge in [0.2, 0.25) is 5.91 Å². The minimum absolute atomic E-state index is 0.0493. The summed E-state index contributed by atoms with van der Waals surface area (Å²) in [5, 5.41) is 11.9. The zero-order valence-electron chi connectivity index (χ0n) is 16.4. The van der Waals surface area contributed by atoms with Crippen molar-refractivity contribution in [2.75, 3.05) is 11.1 Å². The summed E-state index contributed by atoms with van der Waals surface area (Å²) in [5.41, 5.74) is 3.26. The van der Waals surface area contributed by atoms with Crippen molar-refractivity contribution >= 4 is 35.0 Å². The van der Waals surface area contributed by atoms with Gasteiger partial charge in [0.25, 0.3) is 0 Å². The molecule has 2 aromatic heterocycles. The molecule has 2 aromatic carbocycles. The average Bonchev–Trinajstić information content (AvgIpc) is 3.19. The lowest BCUT2D eigenvalue weighted by Gasteiger charge is -2.13. The van der Waals surface area contributed by atoms with Gasteiger partial charge in [-0.2, -0.15) is 0 Å². The van der Waals surface area contributed by atoms with Gasteiger partial charge in [0.15, 0.2) is 11.0 Å². The Hall–Kier alpha value is -3.23. The van der Waals surface area contributed by atoms with Crippen molar-refractivity contribution < 1.29 is 9.18 Å². The molecule has 0 aliphatic heterocycles. The van der Waals surface area contributed by atoms with Crippen LogP contribution >= 0.6 is 23.4 Å². The third-order valence-corrected chi connectivity index (χ3v) is 5.68. The van der Waals surface area contributed by atoms with Gasteiger partial charge in [-0.3, -0.25) is 14.3 Å². The highest BCUT2D eigenvalue weighted by Crippen LogP contribution is 2.29. The molecule has 0 bridgehead atoms. The van der Waals surface area contributed by atoms with Gasteiger partial charge < -0.3 is 5.32 Å². The van der Waals surface area contributed by atoms with Crippen molar-refractivity contribution in [1.82, 2.24) is 19.7 Å². The Labute approximate surface area is 187 Å². The Balaban J connectivity index is 1.59. The predicted octanol–water partition coefficient (Wildman–Crippen LogP) is 5.16. The maximum Gasteiger partial charge on any atom is 0.234 e. The number of halogens is 2. The van der Waals surface area contributed by atoms with E-state index in [1.807, 2.05) is 47.9 Å². The van der Waals surface area contributed by atoms with E-state index >= 15 is 0 Å². The summed E-state index contributed by atoms with van der Waals surface area (Å²) in [5.74, 6) is -0.0542. The van der Waals surface area contributed by atoms with Crippen molar-refractivity contribution in [1.29, 1.82) is 0 Å². The first-order chi connectivity index (χ1) is 15.0. The first-order valence-electron chi connectivity index (χ1n) is 9.32. The number of para-hydroxylation sites is 1. The number of thioether (sulfide) groups is 1. The van der Waals surface area contributed by atoms with Gasteiger partial charge in [-0.05, 0) is 48.9 Å². The summed E-state index contributed by atoms with van der Waals surface area (Å²) in [6.07, 6.45) is 3.39. The Bertz CT molecular complexity index is 1230. The molecule has 1 N–H and O–H groups in total. The molecular weight excluding hydrogens is 437 g/mol. The van der Waals surface area contributed by atoms with Gasteiger partial charge in [-0.15, -0.1) is 10.2 Å². The lowest BCUT2D eigenvalue weighted by molar-refractivity contribution is -0.113. The number of hydrogen-bond donors (Lipinski definition) is 1. The second-order valence-electron chi connectivity index (χ2n) is 6.63. The van der Waals surface area contributed by atoms with Crippen molar-refractivity contribution in [3.8, 4) is 17.1 Å². The van der Waals surface area contributed by atoms with E-state index in [0.29, 0.717) is 16.7 Å². The lowest BCUT2D eigenvalue weighted by Crippen LogP contribution is -2.14. The fourth-order valence-corrected chi connectivity index (χ4v) is 3.91. The second kappa shape index (κ2) is 9.28. The molecule has 2 heterocycles. The topological polar surface area (TPSA) is 72.7 Å². The summed E-state index contributed by atoms with van der Waals surface area (Å²) in [6, 6.07) is 15.6. The van der Waals surface area contributed by atoms with Gasteiger partial charge in [-0.25, -0.2) is 4.39 Å². The summed E-state index contributed by atoms with van der Waals surface area (Å²) >= 11 is 7.03. The van der Waals surface area contributed by atoms with E-state index in [9.17, 15) is 9.18 Å². The van der Waals surface area contributed by atoms with E-state index in [1.54, 1.807) is 12.4 Å².